The first-order chi connectivity index (χ1) is 10.2. The summed E-state index contributed by atoms with van der Waals surface area (Å²) < 4.78 is 0. The summed E-state index contributed by atoms with van der Waals surface area (Å²) in [6.07, 6.45) is 0.990. The Kier molecular flexibility index (Phi) is 5.87. The van der Waals surface area contributed by atoms with Crippen LogP contribution in [0.1, 0.15) is 20.3 Å². The van der Waals surface area contributed by atoms with Gasteiger partial charge in [0.05, 0.1) is 11.4 Å². The molecule has 1 heterocycles. The van der Waals surface area contributed by atoms with E-state index in [0.29, 0.717) is 6.54 Å². The van der Waals surface area contributed by atoms with Gasteiger partial charge in [-0.3, -0.25) is 4.79 Å². The van der Waals surface area contributed by atoms with E-state index in [-0.39, 0.29) is 11.9 Å². The lowest BCUT2D eigenvalue weighted by atomic mass is 10.1. The fraction of sp³-hybridized carbons (Fsp3) is 0.562. The predicted molar refractivity (Wildman–Crippen MR) is 87.8 cm³/mol. The summed E-state index contributed by atoms with van der Waals surface area (Å²) in [5.74, 6) is 0.0663. The van der Waals surface area contributed by atoms with E-state index in [9.17, 15) is 4.79 Å². The molecule has 0 fully saturated rings. The zero-order chi connectivity index (χ0) is 15.1. The number of hydrogen-bond acceptors (Lipinski definition) is 4. The van der Waals surface area contributed by atoms with E-state index in [4.69, 9.17) is 0 Å². The molecule has 0 bridgehead atoms. The van der Waals surface area contributed by atoms with Gasteiger partial charge in [0.15, 0.2) is 0 Å². The Hall–Kier alpha value is -1.75. The maximum absolute atomic E-state index is 12.2. The van der Waals surface area contributed by atoms with E-state index in [0.717, 1.165) is 44.0 Å². The highest BCUT2D eigenvalue weighted by Crippen LogP contribution is 2.24. The van der Waals surface area contributed by atoms with Crippen LogP contribution < -0.4 is 16.0 Å². The van der Waals surface area contributed by atoms with E-state index >= 15 is 0 Å². The van der Waals surface area contributed by atoms with Gasteiger partial charge >= 0.3 is 0 Å². The van der Waals surface area contributed by atoms with Gasteiger partial charge in [0.2, 0.25) is 5.91 Å². The molecule has 1 atom stereocenters. The molecule has 2 rings (SSSR count). The normalized spacial score (nSPS) is 16.8. The SMILES string of the molecule is CCN(CC)CCCNC(=O)C1CNc2ccccc2N1. The maximum atomic E-state index is 12.2. The molecule has 3 N–H and O–H groups in total. The Morgan fingerprint density at radius 1 is 1.29 bits per heavy atom. The lowest BCUT2D eigenvalue weighted by Crippen LogP contribution is -2.46. The van der Waals surface area contributed by atoms with Crippen LogP contribution in [0.5, 0.6) is 0 Å². The Labute approximate surface area is 127 Å². The van der Waals surface area contributed by atoms with Crippen LogP contribution in [0.15, 0.2) is 24.3 Å². The van der Waals surface area contributed by atoms with Gasteiger partial charge in [0, 0.05) is 13.1 Å². The average Bonchev–Trinajstić information content (AvgIpc) is 2.54. The van der Waals surface area contributed by atoms with Crippen molar-refractivity contribution in [3.05, 3.63) is 24.3 Å². The van der Waals surface area contributed by atoms with E-state index in [1.54, 1.807) is 0 Å². The molecule has 21 heavy (non-hydrogen) atoms. The third kappa shape index (κ3) is 4.36. The fourth-order valence-corrected chi connectivity index (χ4v) is 2.55. The second kappa shape index (κ2) is 7.88. The number of amides is 1. The minimum Gasteiger partial charge on any atom is -0.381 e. The second-order valence-electron chi connectivity index (χ2n) is 5.29. The number of nitrogens with one attached hydrogen (secondary N) is 3. The van der Waals surface area contributed by atoms with Crippen LogP contribution in [-0.2, 0) is 4.79 Å². The predicted octanol–water partition coefficient (Wildman–Crippen LogP) is 1.74. The summed E-state index contributed by atoms with van der Waals surface area (Å²) in [7, 11) is 0. The Balaban J connectivity index is 1.73. The zero-order valence-corrected chi connectivity index (χ0v) is 13.0. The van der Waals surface area contributed by atoms with Gasteiger partial charge in [-0.1, -0.05) is 26.0 Å². The molecule has 5 heteroatoms. The number of anilines is 2. The van der Waals surface area contributed by atoms with Gasteiger partial charge in [-0.05, 0) is 38.2 Å². The first-order valence-electron chi connectivity index (χ1n) is 7.84. The smallest absolute Gasteiger partial charge is 0.244 e. The van der Waals surface area contributed by atoms with Crippen molar-refractivity contribution >= 4 is 17.3 Å². The molecule has 1 amide bonds. The molecule has 0 aromatic heterocycles. The standard InChI is InChI=1S/C16H26N4O/c1-3-20(4-2)11-7-10-17-16(21)15-12-18-13-8-5-6-9-14(13)19-15/h5-6,8-9,15,18-19H,3-4,7,10-12H2,1-2H3,(H,17,21). The highest BCUT2D eigenvalue weighted by molar-refractivity contribution is 5.88. The Morgan fingerprint density at radius 2 is 2.00 bits per heavy atom. The summed E-state index contributed by atoms with van der Waals surface area (Å²) >= 11 is 0. The summed E-state index contributed by atoms with van der Waals surface area (Å²) in [5, 5.41) is 9.59. The number of carbonyl (C=O) groups is 1. The molecular weight excluding hydrogens is 264 g/mol. The third-order valence-corrected chi connectivity index (χ3v) is 3.91. The van der Waals surface area contributed by atoms with Crippen molar-refractivity contribution in [2.45, 2.75) is 26.3 Å². The molecule has 0 radical (unpaired) electrons. The second-order valence-corrected chi connectivity index (χ2v) is 5.29. The number of hydrogen-bond donors (Lipinski definition) is 3. The Morgan fingerprint density at radius 3 is 2.71 bits per heavy atom. The van der Waals surface area contributed by atoms with Crippen molar-refractivity contribution in [1.82, 2.24) is 10.2 Å². The minimum absolute atomic E-state index is 0.0663. The van der Waals surface area contributed by atoms with Gasteiger partial charge in [0.1, 0.15) is 6.04 Å². The van der Waals surface area contributed by atoms with E-state index in [1.807, 2.05) is 24.3 Å². The van der Waals surface area contributed by atoms with E-state index < -0.39 is 0 Å². The summed E-state index contributed by atoms with van der Waals surface area (Å²) in [6.45, 7) is 8.85. The van der Waals surface area contributed by atoms with Crippen LogP contribution in [0.2, 0.25) is 0 Å². The number of benzene rings is 1. The number of rotatable bonds is 7. The average molecular weight is 290 g/mol. The summed E-state index contributed by atoms with van der Waals surface area (Å²) in [4.78, 5) is 14.5. The highest BCUT2D eigenvalue weighted by atomic mass is 16.2. The van der Waals surface area contributed by atoms with Crippen LogP contribution in [0.25, 0.3) is 0 Å². The first kappa shape index (κ1) is 15.6. The van der Waals surface area contributed by atoms with Gasteiger partial charge in [-0.25, -0.2) is 0 Å². The number of nitrogens with zero attached hydrogens (tertiary/aromatic N) is 1. The lowest BCUT2D eigenvalue weighted by molar-refractivity contribution is -0.121. The molecular formula is C16H26N4O. The first-order valence-corrected chi connectivity index (χ1v) is 7.84. The van der Waals surface area contributed by atoms with Crippen molar-refractivity contribution in [3.8, 4) is 0 Å². The summed E-state index contributed by atoms with van der Waals surface area (Å²) in [5.41, 5.74) is 2.05. The van der Waals surface area contributed by atoms with Gasteiger partial charge < -0.3 is 20.9 Å². The van der Waals surface area contributed by atoms with Crippen LogP contribution in [0.4, 0.5) is 11.4 Å². The maximum Gasteiger partial charge on any atom is 0.244 e. The van der Waals surface area contributed by atoms with Crippen molar-refractivity contribution in [1.29, 1.82) is 0 Å². The van der Waals surface area contributed by atoms with Crippen LogP contribution in [0.3, 0.4) is 0 Å². The third-order valence-electron chi connectivity index (χ3n) is 3.91. The molecule has 0 saturated carbocycles. The zero-order valence-electron chi connectivity index (χ0n) is 13.0. The summed E-state index contributed by atoms with van der Waals surface area (Å²) in [6, 6.07) is 7.76. The number of fused-ring (bicyclic) bond motifs is 1. The highest BCUT2D eigenvalue weighted by Gasteiger charge is 2.22. The minimum atomic E-state index is -0.201. The Bertz CT molecular complexity index is 459. The molecule has 0 spiro atoms. The van der Waals surface area contributed by atoms with Crippen molar-refractivity contribution < 1.29 is 4.79 Å². The molecule has 0 saturated heterocycles. The lowest BCUT2D eigenvalue weighted by Gasteiger charge is -2.27. The van der Waals surface area contributed by atoms with Gasteiger partial charge in [-0.2, -0.15) is 0 Å². The van der Waals surface area contributed by atoms with Crippen LogP contribution >= 0.6 is 0 Å². The molecule has 116 valence electrons. The van der Waals surface area contributed by atoms with Gasteiger partial charge in [-0.15, -0.1) is 0 Å². The molecule has 5 nitrogen and oxygen atoms in total. The fourth-order valence-electron chi connectivity index (χ4n) is 2.55. The molecule has 1 aromatic carbocycles. The van der Waals surface area contributed by atoms with Crippen LogP contribution in [0, 0.1) is 0 Å². The number of para-hydroxylation sites is 2. The molecule has 0 aliphatic carbocycles. The molecule has 1 aliphatic rings. The quantitative estimate of drug-likeness (QED) is 0.670. The van der Waals surface area contributed by atoms with E-state index in [2.05, 4.69) is 34.7 Å². The van der Waals surface area contributed by atoms with E-state index in [1.165, 1.54) is 0 Å². The van der Waals surface area contributed by atoms with Gasteiger partial charge in [0.25, 0.3) is 0 Å². The van der Waals surface area contributed by atoms with Crippen molar-refractivity contribution in [3.63, 3.8) is 0 Å². The monoisotopic (exact) mass is 290 g/mol. The molecule has 1 aliphatic heterocycles. The van der Waals surface area contributed by atoms with Crippen LogP contribution in [-0.4, -0.2) is 49.6 Å². The number of carbonyl (C=O) groups excluding carboxylic acids is 1. The van der Waals surface area contributed by atoms with Crippen molar-refractivity contribution in [2.24, 2.45) is 0 Å². The molecule has 1 unspecified atom stereocenters. The largest absolute Gasteiger partial charge is 0.381 e. The molecule has 1 aromatic rings. The topological polar surface area (TPSA) is 56.4 Å². The van der Waals surface area contributed by atoms with Crippen molar-refractivity contribution in [2.75, 3.05) is 43.4 Å².